The quantitative estimate of drug-likeness (QED) is 0.226. The summed E-state index contributed by atoms with van der Waals surface area (Å²) in [4.78, 5) is 62.1. The zero-order valence-electron chi connectivity index (χ0n) is 26.2. The first kappa shape index (κ1) is 34.8. The molecule has 1 heterocycles. The highest BCUT2D eigenvalue weighted by Gasteiger charge is 2.27. The molecule has 10 nitrogen and oxygen atoms in total. The Morgan fingerprint density at radius 2 is 1.64 bits per heavy atom. The SMILES string of the molecule is CC(C)C.O=CC(CC1CCCNC1=O)NC(=O)CNC(=O)C(Cc1cccc2ccccc12)NC(=O)OCc1ccccc1. The van der Waals surface area contributed by atoms with Crippen LogP contribution in [0.15, 0.2) is 72.8 Å². The smallest absolute Gasteiger partial charge is 0.408 e. The molecule has 1 fully saturated rings. The monoisotopic (exact) mass is 616 g/mol. The van der Waals surface area contributed by atoms with E-state index in [1.54, 1.807) is 0 Å². The molecule has 3 atom stereocenters. The van der Waals surface area contributed by atoms with Crippen molar-refractivity contribution in [1.29, 1.82) is 0 Å². The van der Waals surface area contributed by atoms with Crippen molar-refractivity contribution in [2.75, 3.05) is 13.1 Å². The van der Waals surface area contributed by atoms with Crippen molar-refractivity contribution < 1.29 is 28.7 Å². The summed E-state index contributed by atoms with van der Waals surface area (Å²) in [5, 5.41) is 12.4. The second kappa shape index (κ2) is 18.2. The second-order valence-corrected chi connectivity index (χ2v) is 11.7. The number of hydrogen-bond acceptors (Lipinski definition) is 6. The number of amides is 4. The molecule has 1 aliphatic heterocycles. The first-order valence-electron chi connectivity index (χ1n) is 15.4. The second-order valence-electron chi connectivity index (χ2n) is 11.7. The number of benzene rings is 3. The summed E-state index contributed by atoms with van der Waals surface area (Å²) >= 11 is 0. The molecule has 0 bridgehead atoms. The third kappa shape index (κ3) is 12.1. The summed E-state index contributed by atoms with van der Waals surface area (Å²) in [5.41, 5.74) is 1.63. The van der Waals surface area contributed by atoms with Crippen LogP contribution in [0.2, 0.25) is 0 Å². The van der Waals surface area contributed by atoms with Crippen molar-refractivity contribution in [3.05, 3.63) is 83.9 Å². The first-order valence-corrected chi connectivity index (χ1v) is 15.4. The highest BCUT2D eigenvalue weighted by Crippen LogP contribution is 2.20. The van der Waals surface area contributed by atoms with E-state index in [4.69, 9.17) is 4.74 Å². The van der Waals surface area contributed by atoms with Gasteiger partial charge in [0.25, 0.3) is 0 Å². The minimum absolute atomic E-state index is 0.0315. The summed E-state index contributed by atoms with van der Waals surface area (Å²) in [6, 6.07) is 20.7. The largest absolute Gasteiger partial charge is 0.445 e. The van der Waals surface area contributed by atoms with Crippen LogP contribution in [0.1, 0.15) is 51.2 Å². The molecule has 0 radical (unpaired) electrons. The molecule has 0 aromatic heterocycles. The number of hydrogen-bond donors (Lipinski definition) is 4. The van der Waals surface area contributed by atoms with E-state index in [9.17, 15) is 24.0 Å². The van der Waals surface area contributed by atoms with Crippen molar-refractivity contribution in [3.63, 3.8) is 0 Å². The number of alkyl carbamates (subject to hydrolysis) is 1. The van der Waals surface area contributed by atoms with Gasteiger partial charge < -0.3 is 30.8 Å². The number of nitrogens with one attached hydrogen (secondary N) is 4. The third-order valence-electron chi connectivity index (χ3n) is 7.00. The number of carbonyl (C=O) groups excluding carboxylic acids is 5. The lowest BCUT2D eigenvalue weighted by atomic mass is 9.92. The number of piperidine rings is 1. The van der Waals surface area contributed by atoms with Crippen LogP contribution >= 0.6 is 0 Å². The Kier molecular flexibility index (Phi) is 14.0. The maximum absolute atomic E-state index is 13.2. The maximum Gasteiger partial charge on any atom is 0.408 e. The lowest BCUT2D eigenvalue weighted by molar-refractivity contribution is -0.129. The summed E-state index contributed by atoms with van der Waals surface area (Å²) in [6.45, 7) is 6.73. The Morgan fingerprint density at radius 1 is 0.956 bits per heavy atom. The Balaban J connectivity index is 0.00000130. The number of ether oxygens (including phenoxy) is 1. The fourth-order valence-corrected chi connectivity index (χ4v) is 4.87. The van der Waals surface area contributed by atoms with Gasteiger partial charge in [-0.15, -0.1) is 0 Å². The van der Waals surface area contributed by atoms with Crippen LogP contribution in [0.3, 0.4) is 0 Å². The fourth-order valence-electron chi connectivity index (χ4n) is 4.87. The molecule has 0 saturated carbocycles. The van der Waals surface area contributed by atoms with Gasteiger partial charge in [-0.05, 0) is 47.1 Å². The van der Waals surface area contributed by atoms with E-state index in [1.807, 2.05) is 72.8 Å². The van der Waals surface area contributed by atoms with Crippen LogP contribution in [0, 0.1) is 11.8 Å². The average molecular weight is 617 g/mol. The fraction of sp³-hybridized carbons (Fsp3) is 0.400. The standard InChI is InChI=1S/C31H34N4O6.C4H10/c36-19-25(16-24-13-7-15-32-29(24)38)34-28(37)18-33-30(39)27(35-31(40)41-20-21-8-2-1-3-9-21)17-23-12-6-11-22-10-4-5-14-26(22)23;1-4(2)3/h1-6,8-12,14,19,24-25,27H,7,13,15-18,20H2,(H,32,38)(H,33,39)(H,34,37)(H,35,40);4H,1-3H3. The third-order valence-corrected chi connectivity index (χ3v) is 7.00. The van der Waals surface area contributed by atoms with Crippen molar-refractivity contribution >= 4 is 40.9 Å². The Labute approximate surface area is 264 Å². The molecular weight excluding hydrogens is 572 g/mol. The topological polar surface area (TPSA) is 143 Å². The Hall–Kier alpha value is -4.73. The van der Waals surface area contributed by atoms with Gasteiger partial charge in [0, 0.05) is 18.9 Å². The molecule has 240 valence electrons. The van der Waals surface area contributed by atoms with Gasteiger partial charge in [0.2, 0.25) is 17.7 Å². The molecular formula is C35H44N4O6. The van der Waals surface area contributed by atoms with Crippen LogP contribution < -0.4 is 21.3 Å². The van der Waals surface area contributed by atoms with Crippen LogP contribution in [-0.4, -0.2) is 55.3 Å². The molecule has 4 amide bonds. The molecule has 0 aliphatic carbocycles. The van der Waals surface area contributed by atoms with Gasteiger partial charge in [-0.25, -0.2) is 4.79 Å². The molecule has 4 N–H and O–H groups in total. The van der Waals surface area contributed by atoms with E-state index in [0.29, 0.717) is 19.3 Å². The normalized spacial score (nSPS) is 15.5. The predicted molar refractivity (Wildman–Crippen MR) is 173 cm³/mol. The summed E-state index contributed by atoms with van der Waals surface area (Å²) in [7, 11) is 0. The molecule has 10 heteroatoms. The van der Waals surface area contributed by atoms with Gasteiger partial charge >= 0.3 is 6.09 Å². The Morgan fingerprint density at radius 3 is 2.36 bits per heavy atom. The lowest BCUT2D eigenvalue weighted by Crippen LogP contribution is -2.51. The van der Waals surface area contributed by atoms with Crippen LogP contribution in [-0.2, 0) is 36.9 Å². The summed E-state index contributed by atoms with van der Waals surface area (Å²) < 4.78 is 5.33. The van der Waals surface area contributed by atoms with Gasteiger partial charge in [-0.1, -0.05) is 93.6 Å². The van der Waals surface area contributed by atoms with Gasteiger partial charge in [0.05, 0.1) is 12.6 Å². The van der Waals surface area contributed by atoms with E-state index >= 15 is 0 Å². The number of carbonyl (C=O) groups is 5. The summed E-state index contributed by atoms with van der Waals surface area (Å²) in [5.74, 6) is -0.821. The van der Waals surface area contributed by atoms with Gasteiger partial charge in [-0.3, -0.25) is 14.4 Å². The highest BCUT2D eigenvalue weighted by molar-refractivity contribution is 5.92. The highest BCUT2D eigenvalue weighted by atomic mass is 16.5. The van der Waals surface area contributed by atoms with Crippen molar-refractivity contribution in [2.45, 2.75) is 65.1 Å². The molecule has 0 spiro atoms. The van der Waals surface area contributed by atoms with Gasteiger partial charge in [-0.2, -0.15) is 0 Å². The maximum atomic E-state index is 13.2. The van der Waals surface area contributed by atoms with E-state index in [-0.39, 0.29) is 31.3 Å². The van der Waals surface area contributed by atoms with Crippen molar-refractivity contribution in [3.8, 4) is 0 Å². The van der Waals surface area contributed by atoms with E-state index in [0.717, 1.165) is 34.2 Å². The van der Waals surface area contributed by atoms with Gasteiger partial charge in [0.15, 0.2) is 0 Å². The molecule has 3 aromatic carbocycles. The predicted octanol–water partition coefficient (Wildman–Crippen LogP) is 4.06. The van der Waals surface area contributed by atoms with E-state index in [1.165, 1.54) is 0 Å². The van der Waals surface area contributed by atoms with Crippen LogP contribution in [0.4, 0.5) is 4.79 Å². The zero-order chi connectivity index (χ0) is 32.6. The molecule has 1 aliphatic rings. The van der Waals surface area contributed by atoms with Crippen molar-refractivity contribution in [2.24, 2.45) is 11.8 Å². The van der Waals surface area contributed by atoms with Gasteiger partial charge in [0.1, 0.15) is 18.9 Å². The lowest BCUT2D eigenvalue weighted by Gasteiger charge is -2.24. The minimum Gasteiger partial charge on any atom is -0.445 e. The number of fused-ring (bicyclic) bond motifs is 1. The van der Waals surface area contributed by atoms with E-state index in [2.05, 4.69) is 42.0 Å². The molecule has 45 heavy (non-hydrogen) atoms. The minimum atomic E-state index is -1.04. The van der Waals surface area contributed by atoms with E-state index < -0.39 is 36.5 Å². The average Bonchev–Trinajstić information content (AvgIpc) is 3.03. The Bertz CT molecular complexity index is 1420. The van der Waals surface area contributed by atoms with Crippen LogP contribution in [0.25, 0.3) is 10.8 Å². The first-order chi connectivity index (χ1) is 21.7. The number of rotatable bonds is 12. The summed E-state index contributed by atoms with van der Waals surface area (Å²) in [6.07, 6.45) is 1.62. The zero-order valence-corrected chi connectivity index (χ0v) is 26.2. The molecule has 4 rings (SSSR count). The molecule has 3 aromatic rings. The molecule has 3 unspecified atom stereocenters. The van der Waals surface area contributed by atoms with Crippen LogP contribution in [0.5, 0.6) is 0 Å². The number of aldehydes is 1. The van der Waals surface area contributed by atoms with Crippen molar-refractivity contribution in [1.82, 2.24) is 21.3 Å². The molecule has 1 saturated heterocycles.